The number of phosphoric ester groups is 1. The van der Waals surface area contributed by atoms with Crippen molar-refractivity contribution in [3.05, 3.63) is 18.0 Å². The molecule has 2 heterocycles. The maximum absolute atomic E-state index is 12.7. The molecule has 1 saturated heterocycles. The first-order chi connectivity index (χ1) is 13.6. The Kier molecular flexibility index (Phi) is 7.53. The number of esters is 2. The van der Waals surface area contributed by atoms with Gasteiger partial charge in [-0.15, -0.1) is 0 Å². The summed E-state index contributed by atoms with van der Waals surface area (Å²) in [5, 5.41) is 6.35. The van der Waals surface area contributed by atoms with E-state index in [4.69, 9.17) is 18.3 Å². The summed E-state index contributed by atoms with van der Waals surface area (Å²) in [7, 11) is -1.36. The predicted octanol–water partition coefficient (Wildman–Crippen LogP) is 0.780. The Bertz CT molecular complexity index is 807. The monoisotopic (exact) mass is 433 g/mol. The highest BCUT2D eigenvalue weighted by Crippen LogP contribution is 2.57. The number of methoxy groups -OCH3 is 1. The van der Waals surface area contributed by atoms with E-state index in [1.165, 1.54) is 24.1 Å². The zero-order chi connectivity index (χ0) is 21.7. The van der Waals surface area contributed by atoms with Crippen molar-refractivity contribution in [2.24, 2.45) is 12.5 Å². The average Bonchev–Trinajstić information content (AvgIpc) is 3.09. The van der Waals surface area contributed by atoms with Gasteiger partial charge in [-0.05, 0) is 6.07 Å². The summed E-state index contributed by atoms with van der Waals surface area (Å²) in [6, 6.07) is 1.44. The second-order valence-corrected chi connectivity index (χ2v) is 8.45. The Morgan fingerprint density at radius 2 is 2.14 bits per heavy atom. The highest BCUT2D eigenvalue weighted by atomic mass is 31.2. The summed E-state index contributed by atoms with van der Waals surface area (Å²) in [6.45, 7) is 2.58. The number of ether oxygens (including phenoxy) is 2. The highest BCUT2D eigenvalue weighted by Gasteiger charge is 2.49. The van der Waals surface area contributed by atoms with Gasteiger partial charge < -0.3 is 14.8 Å². The fourth-order valence-corrected chi connectivity index (χ4v) is 3.88. The van der Waals surface area contributed by atoms with Crippen molar-refractivity contribution in [3.8, 4) is 0 Å². The fraction of sp³-hybridized carbons (Fsp3) is 0.625. The van der Waals surface area contributed by atoms with Crippen LogP contribution in [-0.4, -0.2) is 60.8 Å². The number of phosphoric acid groups is 1. The topological polar surface area (TPSA) is 144 Å². The van der Waals surface area contributed by atoms with Crippen molar-refractivity contribution in [1.82, 2.24) is 15.1 Å². The number of nitrogens with one attached hydrogen (secondary N) is 1. The minimum Gasteiger partial charge on any atom is -0.469 e. The van der Waals surface area contributed by atoms with Gasteiger partial charge >= 0.3 is 19.8 Å². The molecule has 1 aliphatic heterocycles. The quantitative estimate of drug-likeness (QED) is 0.355. The van der Waals surface area contributed by atoms with Gasteiger partial charge in [-0.2, -0.15) is 5.10 Å². The van der Waals surface area contributed by atoms with E-state index >= 15 is 0 Å². The molecular formula is C16H24N3O9P. The molecule has 13 heteroatoms. The van der Waals surface area contributed by atoms with E-state index in [0.717, 1.165) is 0 Å². The number of carbonyl (C=O) groups is 3. The maximum atomic E-state index is 12.7. The van der Waals surface area contributed by atoms with Crippen LogP contribution in [0.5, 0.6) is 0 Å². The Labute approximate surface area is 167 Å². The molecule has 12 nitrogen and oxygen atoms in total. The third-order valence-electron chi connectivity index (χ3n) is 4.06. The van der Waals surface area contributed by atoms with Crippen LogP contribution in [-0.2, 0) is 44.2 Å². The highest BCUT2D eigenvalue weighted by molar-refractivity contribution is 7.48. The lowest BCUT2D eigenvalue weighted by Gasteiger charge is -2.39. The minimum absolute atomic E-state index is 0.0236. The maximum Gasteiger partial charge on any atom is 0.478 e. The summed E-state index contributed by atoms with van der Waals surface area (Å²) >= 11 is 0. The van der Waals surface area contributed by atoms with Gasteiger partial charge in [-0.3, -0.25) is 23.3 Å². The number of aromatic nitrogens is 2. The molecule has 0 saturated carbocycles. The van der Waals surface area contributed by atoms with E-state index < -0.39 is 44.0 Å². The minimum atomic E-state index is -4.16. The van der Waals surface area contributed by atoms with Crippen molar-refractivity contribution in [1.29, 1.82) is 0 Å². The van der Waals surface area contributed by atoms with E-state index in [2.05, 4.69) is 15.2 Å². The zero-order valence-corrected chi connectivity index (χ0v) is 17.5. The molecule has 0 aliphatic carbocycles. The van der Waals surface area contributed by atoms with Gasteiger partial charge in [0.1, 0.15) is 5.69 Å². The molecule has 1 unspecified atom stereocenters. The lowest BCUT2D eigenvalue weighted by Crippen LogP contribution is -2.50. The van der Waals surface area contributed by atoms with Crippen LogP contribution in [0.15, 0.2) is 12.3 Å². The Morgan fingerprint density at radius 3 is 2.76 bits per heavy atom. The normalized spacial score (nSPS) is 23.2. The molecule has 0 spiro atoms. The van der Waals surface area contributed by atoms with Crippen LogP contribution in [0.3, 0.4) is 0 Å². The number of rotatable bonds is 8. The number of aryl methyl sites for hydroxylation is 1. The molecular weight excluding hydrogens is 409 g/mol. The molecule has 1 amide bonds. The molecule has 29 heavy (non-hydrogen) atoms. The Balaban J connectivity index is 1.91. The van der Waals surface area contributed by atoms with Crippen molar-refractivity contribution >= 4 is 25.7 Å². The number of nitrogens with zero attached hydrogens (tertiary/aromatic N) is 2. The summed E-state index contributed by atoms with van der Waals surface area (Å²) in [4.78, 5) is 35.5. The Morgan fingerprint density at radius 1 is 1.41 bits per heavy atom. The largest absolute Gasteiger partial charge is 0.478 e. The van der Waals surface area contributed by atoms with Crippen LogP contribution in [0.1, 0.15) is 30.8 Å². The van der Waals surface area contributed by atoms with Crippen LogP contribution < -0.4 is 5.32 Å². The zero-order valence-electron chi connectivity index (χ0n) is 16.6. The van der Waals surface area contributed by atoms with Gasteiger partial charge in [0.05, 0.1) is 20.1 Å². The molecule has 1 N–H and O–H groups in total. The summed E-state index contributed by atoms with van der Waals surface area (Å²) in [6.07, 6.45) is 0.218. The lowest BCUT2D eigenvalue weighted by atomic mass is 9.87. The molecule has 2 atom stereocenters. The average molecular weight is 433 g/mol. The lowest BCUT2D eigenvalue weighted by molar-refractivity contribution is -0.144. The van der Waals surface area contributed by atoms with Crippen molar-refractivity contribution < 1.29 is 42.0 Å². The van der Waals surface area contributed by atoms with Crippen LogP contribution in [0, 0.1) is 5.41 Å². The van der Waals surface area contributed by atoms with Gasteiger partial charge in [0, 0.05) is 25.2 Å². The smallest absolute Gasteiger partial charge is 0.469 e. The predicted molar refractivity (Wildman–Crippen MR) is 96.4 cm³/mol. The summed E-state index contributed by atoms with van der Waals surface area (Å²) in [5.41, 5.74) is -0.654. The molecule has 2 rings (SSSR count). The Hall–Kier alpha value is -2.27. The number of hydrogen-bond acceptors (Lipinski definition) is 10. The van der Waals surface area contributed by atoms with Crippen molar-refractivity contribution in [2.45, 2.75) is 26.4 Å². The molecule has 0 bridgehead atoms. The van der Waals surface area contributed by atoms with E-state index in [1.807, 2.05) is 0 Å². The van der Waals surface area contributed by atoms with Gasteiger partial charge in [0.2, 0.25) is 12.7 Å². The van der Waals surface area contributed by atoms with Crippen LogP contribution in [0.25, 0.3) is 0 Å². The number of amides is 1. The molecule has 1 fully saturated rings. The molecule has 1 aliphatic rings. The van der Waals surface area contributed by atoms with Crippen LogP contribution >= 0.6 is 7.82 Å². The first-order valence-corrected chi connectivity index (χ1v) is 10.1. The van der Waals surface area contributed by atoms with Crippen LogP contribution in [0.4, 0.5) is 0 Å². The standard InChI is InChI=1S/C16H24N3O9P/c1-16(2)9-26-29(23,27-10-25-15(22)11-5-8-18-19(11)3)28-13(16)14(21)17-7-6-12(20)24-4/h5,8,13H,6-7,9-10H2,1-4H3,(H,17,21)/t13-,29?/m0/s1. The summed E-state index contributed by atoms with van der Waals surface area (Å²) < 4.78 is 38.8. The summed E-state index contributed by atoms with van der Waals surface area (Å²) in [5.74, 6) is -1.81. The van der Waals surface area contributed by atoms with E-state index in [0.29, 0.717) is 0 Å². The molecule has 1 aromatic rings. The first-order valence-electron chi connectivity index (χ1n) is 8.65. The SMILES string of the molecule is COC(=O)CCNC(=O)[C@@H]1OP(=O)(OCOC(=O)c2ccnn2C)OCC1(C)C. The van der Waals surface area contributed by atoms with Gasteiger partial charge in [-0.25, -0.2) is 13.9 Å². The van der Waals surface area contributed by atoms with Gasteiger partial charge in [-0.1, -0.05) is 13.8 Å². The van der Waals surface area contributed by atoms with E-state index in [1.54, 1.807) is 20.9 Å². The van der Waals surface area contributed by atoms with Crippen LogP contribution in [0.2, 0.25) is 0 Å². The van der Waals surface area contributed by atoms with Crippen molar-refractivity contribution in [2.75, 3.05) is 27.1 Å². The van der Waals surface area contributed by atoms with Gasteiger partial charge in [0.25, 0.3) is 0 Å². The second-order valence-electron chi connectivity index (χ2n) is 6.83. The third-order valence-corrected chi connectivity index (χ3v) is 5.40. The van der Waals surface area contributed by atoms with E-state index in [-0.39, 0.29) is 25.3 Å². The second kappa shape index (κ2) is 9.49. The molecule has 162 valence electrons. The number of carbonyl (C=O) groups excluding carboxylic acids is 3. The third kappa shape index (κ3) is 6.10. The number of hydrogen-bond donors (Lipinski definition) is 1. The molecule has 0 aromatic carbocycles. The van der Waals surface area contributed by atoms with Crippen molar-refractivity contribution in [3.63, 3.8) is 0 Å². The fourth-order valence-electron chi connectivity index (χ4n) is 2.37. The first kappa shape index (κ1) is 23.0. The molecule has 1 aromatic heterocycles. The molecule has 0 radical (unpaired) electrons. The van der Waals surface area contributed by atoms with Gasteiger partial charge in [0.15, 0.2) is 6.10 Å². The van der Waals surface area contributed by atoms with E-state index in [9.17, 15) is 18.9 Å².